The quantitative estimate of drug-likeness (QED) is 0.835. The summed E-state index contributed by atoms with van der Waals surface area (Å²) in [6.45, 7) is 2.88. The lowest BCUT2D eigenvalue weighted by Gasteiger charge is -2.10. The number of amides is 1. The number of nitrogens with two attached hydrogens (primary N) is 1. The Labute approximate surface area is 130 Å². The fourth-order valence-corrected chi connectivity index (χ4v) is 2.02. The molecule has 1 amide bonds. The average Bonchev–Trinajstić information content (AvgIpc) is 2.49. The number of primary amides is 1. The van der Waals surface area contributed by atoms with E-state index in [-0.39, 0.29) is 0 Å². The first-order chi connectivity index (χ1) is 10.1. The van der Waals surface area contributed by atoms with Crippen molar-refractivity contribution in [1.82, 2.24) is 9.97 Å². The van der Waals surface area contributed by atoms with Gasteiger partial charge in [0.25, 0.3) is 0 Å². The van der Waals surface area contributed by atoms with E-state index in [9.17, 15) is 4.79 Å². The molecule has 7 heteroatoms. The van der Waals surface area contributed by atoms with Crippen LogP contribution in [0.25, 0.3) is 0 Å². The summed E-state index contributed by atoms with van der Waals surface area (Å²) < 4.78 is 6.32. The van der Waals surface area contributed by atoms with E-state index in [2.05, 4.69) is 38.1 Å². The molecule has 0 unspecified atom stereocenters. The van der Waals surface area contributed by atoms with Gasteiger partial charge in [0.1, 0.15) is 22.4 Å². The molecule has 0 saturated carbocycles. The molecule has 6 nitrogen and oxygen atoms in total. The monoisotopic (exact) mass is 350 g/mol. The predicted molar refractivity (Wildman–Crippen MR) is 83.5 cm³/mol. The number of hydrogen-bond acceptors (Lipinski definition) is 5. The summed E-state index contributed by atoms with van der Waals surface area (Å²) in [5.41, 5.74) is 5.62. The third-order valence-corrected chi connectivity index (χ3v) is 3.37. The van der Waals surface area contributed by atoms with Crippen LogP contribution < -0.4 is 15.8 Å². The number of hydrogen-bond donors (Lipinski definition) is 2. The van der Waals surface area contributed by atoms with Gasteiger partial charge in [-0.1, -0.05) is 6.92 Å². The van der Waals surface area contributed by atoms with Gasteiger partial charge in [-0.15, -0.1) is 0 Å². The first kappa shape index (κ1) is 15.2. The minimum Gasteiger partial charge on any atom is -0.438 e. The highest BCUT2D eigenvalue weighted by molar-refractivity contribution is 9.10. The lowest BCUT2D eigenvalue weighted by atomic mass is 10.2. The summed E-state index contributed by atoms with van der Waals surface area (Å²) in [6.07, 6.45) is 2.41. The first-order valence-electron chi connectivity index (χ1n) is 6.44. The third-order valence-electron chi connectivity index (χ3n) is 2.65. The Balaban J connectivity index is 2.17. The standard InChI is InChI=1S/C14H15BrN4O2/c1-2-7-17-13-11(15)14(19-8-18-13)21-10-5-3-9(4-6-10)12(16)20/h3-6,8H,2,7H2,1H3,(H2,16,20)(H,17,18,19). The van der Waals surface area contributed by atoms with E-state index in [1.165, 1.54) is 6.33 Å². The normalized spacial score (nSPS) is 10.2. The van der Waals surface area contributed by atoms with Crippen molar-refractivity contribution in [2.45, 2.75) is 13.3 Å². The minimum absolute atomic E-state index is 0.399. The first-order valence-corrected chi connectivity index (χ1v) is 7.23. The fourth-order valence-electron chi connectivity index (χ4n) is 1.59. The van der Waals surface area contributed by atoms with Crippen molar-refractivity contribution in [2.75, 3.05) is 11.9 Å². The largest absolute Gasteiger partial charge is 0.438 e. The number of nitrogens with zero attached hydrogens (tertiary/aromatic N) is 2. The molecule has 1 aromatic carbocycles. The molecule has 0 fully saturated rings. The highest BCUT2D eigenvalue weighted by Crippen LogP contribution is 2.31. The minimum atomic E-state index is -0.476. The molecule has 0 aliphatic carbocycles. The Morgan fingerprint density at radius 3 is 2.67 bits per heavy atom. The van der Waals surface area contributed by atoms with Gasteiger partial charge < -0.3 is 15.8 Å². The van der Waals surface area contributed by atoms with Crippen LogP contribution in [-0.4, -0.2) is 22.4 Å². The van der Waals surface area contributed by atoms with Crippen molar-refractivity contribution in [3.05, 3.63) is 40.6 Å². The molecule has 0 bridgehead atoms. The van der Waals surface area contributed by atoms with Gasteiger partial charge in [0.05, 0.1) is 0 Å². The molecular weight excluding hydrogens is 336 g/mol. The maximum atomic E-state index is 11.0. The van der Waals surface area contributed by atoms with E-state index < -0.39 is 5.91 Å². The van der Waals surface area contributed by atoms with Crippen LogP contribution in [0, 0.1) is 0 Å². The number of nitrogens with one attached hydrogen (secondary N) is 1. The number of ether oxygens (including phenoxy) is 1. The molecule has 1 heterocycles. The Morgan fingerprint density at radius 2 is 2.05 bits per heavy atom. The predicted octanol–water partition coefficient (Wildman–Crippen LogP) is 2.95. The number of rotatable bonds is 6. The molecule has 0 saturated heterocycles. The summed E-state index contributed by atoms with van der Waals surface area (Å²) in [4.78, 5) is 19.2. The molecule has 0 atom stereocenters. The second-order valence-electron chi connectivity index (χ2n) is 4.26. The lowest BCUT2D eigenvalue weighted by Crippen LogP contribution is -2.10. The Bertz CT molecular complexity index is 631. The molecule has 110 valence electrons. The van der Waals surface area contributed by atoms with Gasteiger partial charge in [-0.3, -0.25) is 4.79 Å². The molecule has 2 aromatic rings. The molecule has 0 aliphatic heterocycles. The number of halogens is 1. The zero-order valence-corrected chi connectivity index (χ0v) is 13.1. The zero-order chi connectivity index (χ0) is 15.2. The molecule has 1 aromatic heterocycles. The highest BCUT2D eigenvalue weighted by atomic mass is 79.9. The van der Waals surface area contributed by atoms with Crippen LogP contribution in [0.15, 0.2) is 35.1 Å². The number of aromatic nitrogens is 2. The molecule has 21 heavy (non-hydrogen) atoms. The van der Waals surface area contributed by atoms with Crippen LogP contribution in [0.1, 0.15) is 23.7 Å². The van der Waals surface area contributed by atoms with Gasteiger partial charge >= 0.3 is 0 Å². The Kier molecular flexibility index (Phi) is 5.10. The Morgan fingerprint density at radius 1 is 1.33 bits per heavy atom. The number of benzene rings is 1. The van der Waals surface area contributed by atoms with Gasteiger partial charge in [0.2, 0.25) is 11.8 Å². The van der Waals surface area contributed by atoms with Crippen LogP contribution in [0.3, 0.4) is 0 Å². The van der Waals surface area contributed by atoms with Gasteiger partial charge in [-0.2, -0.15) is 0 Å². The zero-order valence-electron chi connectivity index (χ0n) is 11.5. The van der Waals surface area contributed by atoms with Gasteiger partial charge in [0, 0.05) is 12.1 Å². The number of anilines is 1. The molecule has 0 aliphatic rings. The molecule has 3 N–H and O–H groups in total. The maximum Gasteiger partial charge on any atom is 0.248 e. The summed E-state index contributed by atoms with van der Waals surface area (Å²) in [5, 5.41) is 3.17. The van der Waals surface area contributed by atoms with Crippen LogP contribution in [0.2, 0.25) is 0 Å². The second kappa shape index (κ2) is 7.03. The molecule has 0 spiro atoms. The fraction of sp³-hybridized carbons (Fsp3) is 0.214. The SMILES string of the molecule is CCCNc1ncnc(Oc2ccc(C(N)=O)cc2)c1Br. The van der Waals surface area contributed by atoms with Crippen LogP contribution >= 0.6 is 15.9 Å². The van der Waals surface area contributed by atoms with E-state index in [0.717, 1.165) is 13.0 Å². The topological polar surface area (TPSA) is 90.1 Å². The van der Waals surface area contributed by atoms with E-state index in [4.69, 9.17) is 10.5 Å². The molecule has 0 radical (unpaired) electrons. The van der Waals surface area contributed by atoms with Crippen molar-refractivity contribution < 1.29 is 9.53 Å². The second-order valence-corrected chi connectivity index (χ2v) is 5.05. The number of carbonyl (C=O) groups is 1. The molecule has 2 rings (SSSR count). The van der Waals surface area contributed by atoms with Gasteiger partial charge in [-0.25, -0.2) is 9.97 Å². The van der Waals surface area contributed by atoms with E-state index in [0.29, 0.717) is 27.5 Å². The van der Waals surface area contributed by atoms with Crippen molar-refractivity contribution in [3.8, 4) is 11.6 Å². The average molecular weight is 351 g/mol. The van der Waals surface area contributed by atoms with Gasteiger partial charge in [0.15, 0.2) is 0 Å². The van der Waals surface area contributed by atoms with Crippen LogP contribution in [0.4, 0.5) is 5.82 Å². The summed E-state index contributed by atoms with van der Waals surface area (Å²) in [6, 6.07) is 6.52. The lowest BCUT2D eigenvalue weighted by molar-refractivity contribution is 0.100. The highest BCUT2D eigenvalue weighted by Gasteiger charge is 2.10. The third kappa shape index (κ3) is 3.91. The van der Waals surface area contributed by atoms with Crippen LogP contribution in [-0.2, 0) is 0 Å². The smallest absolute Gasteiger partial charge is 0.248 e. The van der Waals surface area contributed by atoms with Gasteiger partial charge in [-0.05, 0) is 46.6 Å². The van der Waals surface area contributed by atoms with Crippen molar-refractivity contribution >= 4 is 27.7 Å². The van der Waals surface area contributed by atoms with E-state index >= 15 is 0 Å². The van der Waals surface area contributed by atoms with E-state index in [1.54, 1.807) is 24.3 Å². The summed E-state index contributed by atoms with van der Waals surface area (Å²) in [7, 11) is 0. The number of carbonyl (C=O) groups excluding carboxylic acids is 1. The van der Waals surface area contributed by atoms with Crippen molar-refractivity contribution in [1.29, 1.82) is 0 Å². The Hall–Kier alpha value is -2.15. The van der Waals surface area contributed by atoms with E-state index in [1.807, 2.05) is 0 Å². The van der Waals surface area contributed by atoms with Crippen LogP contribution in [0.5, 0.6) is 11.6 Å². The maximum absolute atomic E-state index is 11.0. The summed E-state index contributed by atoms with van der Waals surface area (Å²) >= 11 is 3.42. The van der Waals surface area contributed by atoms with Crippen molar-refractivity contribution in [3.63, 3.8) is 0 Å². The van der Waals surface area contributed by atoms with Crippen molar-refractivity contribution in [2.24, 2.45) is 5.73 Å². The summed E-state index contributed by atoms with van der Waals surface area (Å²) in [5.74, 6) is 1.16. The molecular formula is C14H15BrN4O2.